The van der Waals surface area contributed by atoms with Gasteiger partial charge in [-0.1, -0.05) is 6.07 Å². The highest BCUT2D eigenvalue weighted by atomic mass is 16.5. The summed E-state index contributed by atoms with van der Waals surface area (Å²) in [5.41, 5.74) is 0.882. The highest BCUT2D eigenvalue weighted by Gasteiger charge is 2.34. The second-order valence-electron chi connectivity index (χ2n) is 5.85. The van der Waals surface area contributed by atoms with Crippen molar-refractivity contribution in [1.29, 1.82) is 0 Å². The fourth-order valence-corrected chi connectivity index (χ4v) is 2.73. The van der Waals surface area contributed by atoms with E-state index in [-0.39, 0.29) is 43.1 Å². The second kappa shape index (κ2) is 8.42. The molecule has 7 nitrogen and oxygen atoms in total. The molecule has 1 aromatic rings. The van der Waals surface area contributed by atoms with Crippen LogP contribution in [0.15, 0.2) is 24.5 Å². The molecule has 1 aromatic heterocycles. The first-order valence-electron chi connectivity index (χ1n) is 8.08. The smallest absolute Gasteiger partial charge is 0.307 e. The van der Waals surface area contributed by atoms with Crippen LogP contribution >= 0.6 is 0 Å². The average Bonchev–Trinajstić information content (AvgIpc) is 2.91. The fraction of sp³-hybridized carbons (Fsp3) is 0.529. The maximum absolute atomic E-state index is 12.8. The van der Waals surface area contributed by atoms with Crippen molar-refractivity contribution in [3.8, 4) is 0 Å². The van der Waals surface area contributed by atoms with E-state index in [1.54, 1.807) is 42.2 Å². The van der Waals surface area contributed by atoms with E-state index in [1.807, 2.05) is 6.07 Å². The van der Waals surface area contributed by atoms with Crippen LogP contribution in [0.1, 0.15) is 25.3 Å². The number of carbonyl (C=O) groups excluding carboxylic acids is 3. The standard InChI is InChI=1S/C17H23N3O4/c1-3-24-16(22)6-8-20(11-13-5-4-7-18-10-13)17(23)14-9-15(21)19(2)12-14/h4-5,7,10,14H,3,6,8-9,11-12H2,1-2H3. The molecule has 0 radical (unpaired) electrons. The molecule has 0 aromatic carbocycles. The first-order chi connectivity index (χ1) is 11.5. The minimum absolute atomic E-state index is 0.0277. The number of hydrogen-bond acceptors (Lipinski definition) is 5. The molecule has 1 unspecified atom stereocenters. The van der Waals surface area contributed by atoms with Gasteiger partial charge in [0.15, 0.2) is 0 Å². The molecule has 1 saturated heterocycles. The van der Waals surface area contributed by atoms with Gasteiger partial charge in [0, 0.05) is 45.5 Å². The zero-order chi connectivity index (χ0) is 17.5. The van der Waals surface area contributed by atoms with Gasteiger partial charge in [0.05, 0.1) is 18.9 Å². The first-order valence-corrected chi connectivity index (χ1v) is 8.08. The van der Waals surface area contributed by atoms with Crippen LogP contribution in [0.4, 0.5) is 0 Å². The second-order valence-corrected chi connectivity index (χ2v) is 5.85. The Morgan fingerprint density at radius 1 is 1.46 bits per heavy atom. The van der Waals surface area contributed by atoms with Gasteiger partial charge >= 0.3 is 5.97 Å². The lowest BCUT2D eigenvalue weighted by Gasteiger charge is -2.25. The summed E-state index contributed by atoms with van der Waals surface area (Å²) in [6.45, 7) is 3.11. The van der Waals surface area contributed by atoms with Gasteiger partial charge in [-0.15, -0.1) is 0 Å². The molecule has 0 spiro atoms. The van der Waals surface area contributed by atoms with Crippen LogP contribution < -0.4 is 0 Å². The molecule has 0 saturated carbocycles. The van der Waals surface area contributed by atoms with Gasteiger partial charge in [-0.25, -0.2) is 0 Å². The monoisotopic (exact) mass is 333 g/mol. The topological polar surface area (TPSA) is 79.8 Å². The van der Waals surface area contributed by atoms with Gasteiger partial charge in [-0.05, 0) is 18.6 Å². The van der Waals surface area contributed by atoms with Crippen molar-refractivity contribution in [3.05, 3.63) is 30.1 Å². The molecular formula is C17H23N3O4. The van der Waals surface area contributed by atoms with Gasteiger partial charge in [0.2, 0.25) is 11.8 Å². The van der Waals surface area contributed by atoms with Gasteiger partial charge in [0.25, 0.3) is 0 Å². The Hall–Kier alpha value is -2.44. The minimum Gasteiger partial charge on any atom is -0.466 e. The largest absolute Gasteiger partial charge is 0.466 e. The van der Waals surface area contributed by atoms with E-state index in [9.17, 15) is 14.4 Å². The average molecular weight is 333 g/mol. The van der Waals surface area contributed by atoms with E-state index in [0.29, 0.717) is 19.7 Å². The van der Waals surface area contributed by atoms with E-state index in [1.165, 1.54) is 0 Å². The van der Waals surface area contributed by atoms with Gasteiger partial charge in [0.1, 0.15) is 0 Å². The summed E-state index contributed by atoms with van der Waals surface area (Å²) in [6, 6.07) is 3.68. The highest BCUT2D eigenvalue weighted by molar-refractivity contribution is 5.89. The summed E-state index contributed by atoms with van der Waals surface area (Å²) in [6.07, 6.45) is 3.71. The first kappa shape index (κ1) is 17.9. The third-order valence-corrected chi connectivity index (χ3v) is 3.99. The third kappa shape index (κ3) is 4.78. The van der Waals surface area contributed by atoms with Crippen molar-refractivity contribution < 1.29 is 19.1 Å². The van der Waals surface area contributed by atoms with Crippen molar-refractivity contribution in [1.82, 2.24) is 14.8 Å². The Morgan fingerprint density at radius 2 is 2.25 bits per heavy atom. The molecule has 1 atom stereocenters. The van der Waals surface area contributed by atoms with E-state index in [0.717, 1.165) is 5.56 Å². The van der Waals surface area contributed by atoms with Crippen LogP contribution in [0.25, 0.3) is 0 Å². The van der Waals surface area contributed by atoms with E-state index in [2.05, 4.69) is 4.98 Å². The zero-order valence-electron chi connectivity index (χ0n) is 14.1. The molecule has 0 aliphatic carbocycles. The van der Waals surface area contributed by atoms with E-state index in [4.69, 9.17) is 4.74 Å². The molecule has 1 aliphatic rings. The van der Waals surface area contributed by atoms with Gasteiger partial charge < -0.3 is 14.5 Å². The maximum Gasteiger partial charge on any atom is 0.307 e. The summed E-state index contributed by atoms with van der Waals surface area (Å²) in [5, 5.41) is 0. The van der Waals surface area contributed by atoms with Crippen molar-refractivity contribution in [3.63, 3.8) is 0 Å². The number of rotatable bonds is 7. The molecule has 2 rings (SSSR count). The number of aromatic nitrogens is 1. The number of hydrogen-bond donors (Lipinski definition) is 0. The van der Waals surface area contributed by atoms with E-state index >= 15 is 0 Å². The molecule has 2 heterocycles. The molecular weight excluding hydrogens is 310 g/mol. The summed E-state index contributed by atoms with van der Waals surface area (Å²) in [4.78, 5) is 43.3. The molecule has 0 bridgehead atoms. The molecule has 0 N–H and O–H groups in total. The number of pyridine rings is 1. The number of carbonyl (C=O) groups is 3. The normalized spacial score (nSPS) is 17.0. The van der Waals surface area contributed by atoms with Gasteiger partial charge in [-0.3, -0.25) is 19.4 Å². The Balaban J connectivity index is 2.05. The molecule has 1 aliphatic heterocycles. The number of nitrogens with zero attached hydrogens (tertiary/aromatic N) is 3. The van der Waals surface area contributed by atoms with Crippen molar-refractivity contribution >= 4 is 17.8 Å². The number of amides is 2. The predicted octanol–water partition coefficient (Wildman–Crippen LogP) is 0.842. The van der Waals surface area contributed by atoms with Crippen LogP contribution in [0, 0.1) is 5.92 Å². The molecule has 1 fully saturated rings. The zero-order valence-corrected chi connectivity index (χ0v) is 14.1. The summed E-state index contributed by atoms with van der Waals surface area (Å²) in [7, 11) is 1.69. The van der Waals surface area contributed by atoms with Gasteiger partial charge in [-0.2, -0.15) is 0 Å². The molecule has 2 amide bonds. The maximum atomic E-state index is 12.8. The van der Waals surface area contributed by atoms with Crippen LogP contribution in [0.5, 0.6) is 0 Å². The minimum atomic E-state index is -0.360. The molecule has 7 heteroatoms. The number of ether oxygens (including phenoxy) is 1. The lowest BCUT2D eigenvalue weighted by Crippen LogP contribution is -2.38. The Labute approximate surface area is 141 Å². The fourth-order valence-electron chi connectivity index (χ4n) is 2.73. The SMILES string of the molecule is CCOC(=O)CCN(Cc1cccnc1)C(=O)C1CC(=O)N(C)C1. The van der Waals surface area contributed by atoms with Crippen LogP contribution in [-0.4, -0.2) is 59.3 Å². The highest BCUT2D eigenvalue weighted by Crippen LogP contribution is 2.20. The number of esters is 1. The predicted molar refractivity (Wildman–Crippen MR) is 86.6 cm³/mol. The third-order valence-electron chi connectivity index (χ3n) is 3.99. The van der Waals surface area contributed by atoms with Crippen LogP contribution in [-0.2, 0) is 25.7 Å². The number of likely N-dealkylation sites (tertiary alicyclic amines) is 1. The molecule has 130 valence electrons. The van der Waals surface area contributed by atoms with E-state index < -0.39 is 0 Å². The van der Waals surface area contributed by atoms with Crippen molar-refractivity contribution in [2.24, 2.45) is 5.92 Å². The summed E-state index contributed by atoms with van der Waals surface area (Å²) in [5.74, 6) is -0.830. The Morgan fingerprint density at radius 3 is 2.83 bits per heavy atom. The van der Waals surface area contributed by atoms with Crippen LogP contribution in [0.2, 0.25) is 0 Å². The summed E-state index contributed by atoms with van der Waals surface area (Å²) >= 11 is 0. The Bertz CT molecular complexity index is 591. The quantitative estimate of drug-likeness (QED) is 0.691. The van der Waals surface area contributed by atoms with Crippen molar-refractivity contribution in [2.75, 3.05) is 26.7 Å². The Kier molecular flexibility index (Phi) is 6.28. The van der Waals surface area contributed by atoms with Crippen molar-refractivity contribution in [2.45, 2.75) is 26.3 Å². The molecule has 24 heavy (non-hydrogen) atoms. The summed E-state index contributed by atoms with van der Waals surface area (Å²) < 4.78 is 4.93. The lowest BCUT2D eigenvalue weighted by atomic mass is 10.1. The van der Waals surface area contributed by atoms with Crippen LogP contribution in [0.3, 0.4) is 0 Å². The lowest BCUT2D eigenvalue weighted by molar-refractivity contribution is -0.144.